The van der Waals surface area contributed by atoms with Crippen LogP contribution < -0.4 is 4.74 Å². The van der Waals surface area contributed by atoms with Crippen LogP contribution in [0.4, 0.5) is 0 Å². The summed E-state index contributed by atoms with van der Waals surface area (Å²) in [6.45, 7) is 9.55. The van der Waals surface area contributed by atoms with E-state index in [0.717, 1.165) is 54.9 Å². The minimum atomic E-state index is -0.275. The van der Waals surface area contributed by atoms with Crippen molar-refractivity contribution in [1.29, 1.82) is 0 Å². The third-order valence-corrected chi connectivity index (χ3v) is 10.0. The van der Waals surface area contributed by atoms with E-state index in [-0.39, 0.29) is 35.4 Å². The number of fused-ring (bicyclic) bond motifs is 2. The highest BCUT2D eigenvalue weighted by atomic mass is 16.5. The Kier molecular flexibility index (Phi) is 8.50. The van der Waals surface area contributed by atoms with Gasteiger partial charge >= 0.3 is 5.97 Å². The van der Waals surface area contributed by atoms with Gasteiger partial charge in [-0.25, -0.2) is 0 Å². The molecule has 43 heavy (non-hydrogen) atoms. The highest BCUT2D eigenvalue weighted by molar-refractivity contribution is 5.98. The van der Waals surface area contributed by atoms with Crippen molar-refractivity contribution < 1.29 is 19.1 Å². The molecule has 0 aromatic heterocycles. The molecule has 228 valence electrons. The molecule has 6 heteroatoms. The molecule has 3 aliphatic rings. The van der Waals surface area contributed by atoms with Crippen LogP contribution in [0.25, 0.3) is 10.8 Å². The first-order valence-corrected chi connectivity index (χ1v) is 16.1. The van der Waals surface area contributed by atoms with Crippen molar-refractivity contribution in [2.45, 2.75) is 70.4 Å². The first kappa shape index (κ1) is 29.7. The maximum absolute atomic E-state index is 14.4. The van der Waals surface area contributed by atoms with Gasteiger partial charge in [0.15, 0.2) is 0 Å². The van der Waals surface area contributed by atoms with Crippen LogP contribution in [0.5, 0.6) is 5.75 Å². The molecule has 3 aromatic carbocycles. The monoisotopic (exact) mass is 582 g/mol. The summed E-state index contributed by atoms with van der Waals surface area (Å²) in [4.78, 5) is 31.7. The molecule has 4 atom stereocenters. The van der Waals surface area contributed by atoms with Crippen LogP contribution in [0.15, 0.2) is 66.7 Å². The zero-order valence-corrected chi connectivity index (χ0v) is 26.1. The zero-order chi connectivity index (χ0) is 30.1. The number of esters is 1. The number of benzene rings is 3. The van der Waals surface area contributed by atoms with Crippen molar-refractivity contribution in [3.8, 4) is 5.75 Å². The number of amides is 1. The molecule has 0 radical (unpaired) electrons. The lowest BCUT2D eigenvalue weighted by Crippen LogP contribution is -2.62. The van der Waals surface area contributed by atoms with Crippen molar-refractivity contribution >= 4 is 22.6 Å². The minimum Gasteiger partial charge on any atom is -0.497 e. The topological polar surface area (TPSA) is 59.1 Å². The SMILES string of the molecule is COc1cccc([C@@]23CCN(CC4CC4)C[C@H]2C(OC(C)=O)C[C@@H](N(CC(C)C)C(=O)c2ccc4ccccc4c2)C3)c1. The molecule has 6 nitrogen and oxygen atoms in total. The predicted molar refractivity (Wildman–Crippen MR) is 170 cm³/mol. The lowest BCUT2D eigenvalue weighted by molar-refractivity contribution is -0.159. The fourth-order valence-corrected chi connectivity index (χ4v) is 7.85. The van der Waals surface area contributed by atoms with Gasteiger partial charge in [0, 0.05) is 55.9 Å². The third-order valence-electron chi connectivity index (χ3n) is 10.0. The molecule has 0 N–H and O–H groups in total. The summed E-state index contributed by atoms with van der Waals surface area (Å²) in [6, 6.07) is 22.6. The second-order valence-electron chi connectivity index (χ2n) is 13.6. The van der Waals surface area contributed by atoms with Gasteiger partial charge in [0.1, 0.15) is 11.9 Å². The lowest BCUT2D eigenvalue weighted by Gasteiger charge is -2.57. The molecule has 2 saturated carbocycles. The van der Waals surface area contributed by atoms with Crippen LogP contribution in [-0.2, 0) is 14.9 Å². The first-order valence-electron chi connectivity index (χ1n) is 16.1. The van der Waals surface area contributed by atoms with Crippen LogP contribution in [0.1, 0.15) is 68.8 Å². The molecule has 6 rings (SSSR count). The number of methoxy groups -OCH3 is 1. The summed E-state index contributed by atoms with van der Waals surface area (Å²) < 4.78 is 11.9. The molecule has 1 amide bonds. The Morgan fingerprint density at radius 3 is 2.53 bits per heavy atom. The molecule has 0 spiro atoms. The van der Waals surface area contributed by atoms with E-state index < -0.39 is 0 Å². The fourth-order valence-electron chi connectivity index (χ4n) is 7.85. The van der Waals surface area contributed by atoms with E-state index in [0.29, 0.717) is 24.4 Å². The Hall–Kier alpha value is -3.38. The largest absolute Gasteiger partial charge is 0.497 e. The van der Waals surface area contributed by atoms with Gasteiger partial charge in [-0.2, -0.15) is 0 Å². The fraction of sp³-hybridized carbons (Fsp3) is 0.514. The Balaban J connectivity index is 1.40. The Labute approximate surface area is 256 Å². The van der Waals surface area contributed by atoms with Gasteiger partial charge in [-0.15, -0.1) is 0 Å². The third kappa shape index (κ3) is 6.31. The van der Waals surface area contributed by atoms with Crippen molar-refractivity contribution in [2.24, 2.45) is 17.8 Å². The quantitative estimate of drug-likeness (QED) is 0.263. The Bertz CT molecular complexity index is 1470. The maximum Gasteiger partial charge on any atom is 0.302 e. The van der Waals surface area contributed by atoms with Gasteiger partial charge < -0.3 is 19.3 Å². The predicted octanol–water partition coefficient (Wildman–Crippen LogP) is 6.71. The number of rotatable bonds is 9. The number of piperidine rings is 1. The number of carbonyl (C=O) groups is 2. The van der Waals surface area contributed by atoms with E-state index in [4.69, 9.17) is 9.47 Å². The summed E-state index contributed by atoms with van der Waals surface area (Å²) in [5.41, 5.74) is 1.70. The van der Waals surface area contributed by atoms with Gasteiger partial charge in [0.2, 0.25) is 0 Å². The summed E-state index contributed by atoms with van der Waals surface area (Å²) in [7, 11) is 1.71. The van der Waals surface area contributed by atoms with Crippen LogP contribution in [0, 0.1) is 17.8 Å². The molecular weight excluding hydrogens is 536 g/mol. The number of likely N-dealkylation sites (tertiary alicyclic amines) is 1. The van der Waals surface area contributed by atoms with Gasteiger partial charge in [-0.3, -0.25) is 9.59 Å². The molecule has 1 unspecified atom stereocenters. The Morgan fingerprint density at radius 2 is 1.81 bits per heavy atom. The van der Waals surface area contributed by atoms with Gasteiger partial charge in [-0.05, 0) is 84.7 Å². The van der Waals surface area contributed by atoms with E-state index in [9.17, 15) is 9.59 Å². The first-order chi connectivity index (χ1) is 20.8. The zero-order valence-electron chi connectivity index (χ0n) is 26.1. The number of hydrogen-bond acceptors (Lipinski definition) is 5. The van der Waals surface area contributed by atoms with Gasteiger partial charge in [0.25, 0.3) is 5.91 Å². The van der Waals surface area contributed by atoms with Gasteiger partial charge in [-0.1, -0.05) is 56.3 Å². The summed E-state index contributed by atoms with van der Waals surface area (Å²) >= 11 is 0. The maximum atomic E-state index is 14.4. The summed E-state index contributed by atoms with van der Waals surface area (Å²) in [6.07, 6.45) is 4.82. The Morgan fingerprint density at radius 1 is 1.02 bits per heavy atom. The molecule has 1 aliphatic heterocycles. The highest BCUT2D eigenvalue weighted by Gasteiger charge is 2.55. The lowest BCUT2D eigenvalue weighted by atomic mass is 9.56. The number of ether oxygens (including phenoxy) is 2. The molecule has 1 saturated heterocycles. The van der Waals surface area contributed by atoms with E-state index in [1.807, 2.05) is 36.4 Å². The summed E-state index contributed by atoms with van der Waals surface area (Å²) in [5.74, 6) is 1.88. The van der Waals surface area contributed by atoms with Crippen molar-refractivity contribution in [3.63, 3.8) is 0 Å². The number of hydrogen-bond donors (Lipinski definition) is 0. The van der Waals surface area contributed by atoms with Crippen molar-refractivity contribution in [3.05, 3.63) is 77.9 Å². The van der Waals surface area contributed by atoms with Crippen LogP contribution in [-0.4, -0.2) is 67.1 Å². The number of nitrogens with zero attached hydrogens (tertiary/aromatic N) is 2. The molecule has 2 aliphatic carbocycles. The molecule has 1 heterocycles. The summed E-state index contributed by atoms with van der Waals surface area (Å²) in [5, 5.41) is 2.19. The van der Waals surface area contributed by atoms with Crippen molar-refractivity contribution in [1.82, 2.24) is 9.80 Å². The molecular formula is C37H46N2O4. The highest BCUT2D eigenvalue weighted by Crippen LogP contribution is 2.52. The molecule has 0 bridgehead atoms. The average molecular weight is 583 g/mol. The normalized spacial score (nSPS) is 25.7. The van der Waals surface area contributed by atoms with E-state index >= 15 is 0 Å². The van der Waals surface area contributed by atoms with Crippen LogP contribution in [0.2, 0.25) is 0 Å². The van der Waals surface area contributed by atoms with Crippen LogP contribution >= 0.6 is 0 Å². The second-order valence-corrected chi connectivity index (χ2v) is 13.6. The smallest absolute Gasteiger partial charge is 0.302 e. The van der Waals surface area contributed by atoms with E-state index in [1.165, 1.54) is 25.3 Å². The minimum absolute atomic E-state index is 0.0523. The average Bonchev–Trinajstić information content (AvgIpc) is 3.83. The standard InChI is InChI=1S/C37H46N2O4/c1-25(2)22-39(36(41)30-15-14-28-8-5-6-9-29(28)18-30)32-20-35(43-26(3)40)34-24-38(23-27-12-13-27)17-16-37(34,21-32)31-10-7-11-33(19-31)42-4/h5-11,14-15,18-19,25,27,32,34-35H,12-13,16-17,20-24H2,1-4H3/t32-,34+,35?,37+/m1/s1. The van der Waals surface area contributed by atoms with E-state index in [1.54, 1.807) is 7.11 Å². The molecule has 3 fully saturated rings. The second kappa shape index (κ2) is 12.3. The van der Waals surface area contributed by atoms with Crippen LogP contribution in [0.3, 0.4) is 0 Å². The van der Waals surface area contributed by atoms with Crippen molar-refractivity contribution in [2.75, 3.05) is 33.3 Å². The van der Waals surface area contributed by atoms with Gasteiger partial charge in [0.05, 0.1) is 7.11 Å². The molecule has 3 aromatic rings. The van der Waals surface area contributed by atoms with E-state index in [2.05, 4.69) is 54.0 Å². The number of carbonyl (C=O) groups excluding carboxylic acids is 2.